The smallest absolute Gasteiger partial charge is 0.128 e. The zero-order valence-electron chi connectivity index (χ0n) is 10.3. The average Bonchev–Trinajstić information content (AvgIpc) is 2.96. The zero-order chi connectivity index (χ0) is 11.8. The van der Waals surface area contributed by atoms with Crippen LogP contribution in [0.15, 0.2) is 6.20 Å². The molecule has 0 saturated heterocycles. The third-order valence-corrected chi connectivity index (χ3v) is 4.26. The predicted molar refractivity (Wildman–Crippen MR) is 66.4 cm³/mol. The van der Waals surface area contributed by atoms with E-state index in [1.165, 1.54) is 12.8 Å². The van der Waals surface area contributed by atoms with Crippen LogP contribution >= 0.6 is 11.6 Å². The van der Waals surface area contributed by atoms with Gasteiger partial charge in [-0.2, -0.15) is 0 Å². The number of hydrogen-bond donors (Lipinski definition) is 1. The Morgan fingerprint density at radius 3 is 2.69 bits per heavy atom. The molecule has 0 spiro atoms. The molecule has 4 heteroatoms. The lowest BCUT2D eigenvalue weighted by Crippen LogP contribution is -2.28. The van der Waals surface area contributed by atoms with Gasteiger partial charge in [-0.25, -0.2) is 4.98 Å². The quantitative estimate of drug-likeness (QED) is 0.859. The number of imidazole rings is 1. The van der Waals surface area contributed by atoms with Gasteiger partial charge in [0.2, 0.25) is 0 Å². The zero-order valence-corrected chi connectivity index (χ0v) is 11.0. The van der Waals surface area contributed by atoms with Crippen LogP contribution in [0, 0.1) is 11.3 Å². The maximum Gasteiger partial charge on any atom is 0.128 e. The molecule has 16 heavy (non-hydrogen) atoms. The summed E-state index contributed by atoms with van der Waals surface area (Å²) < 4.78 is 1.92. The van der Waals surface area contributed by atoms with E-state index >= 15 is 0 Å². The second kappa shape index (κ2) is 4.38. The van der Waals surface area contributed by atoms with Gasteiger partial charge in [0.05, 0.1) is 12.7 Å². The minimum Gasteiger partial charge on any atom is -0.321 e. The topological polar surface area (TPSA) is 29.9 Å². The van der Waals surface area contributed by atoms with Gasteiger partial charge in [-0.3, -0.25) is 0 Å². The van der Waals surface area contributed by atoms with Crippen molar-refractivity contribution in [3.8, 4) is 0 Å². The van der Waals surface area contributed by atoms with Gasteiger partial charge in [-0.15, -0.1) is 0 Å². The van der Waals surface area contributed by atoms with Crippen molar-refractivity contribution in [2.45, 2.75) is 33.2 Å². The third-order valence-electron chi connectivity index (χ3n) is 3.90. The van der Waals surface area contributed by atoms with E-state index in [1.54, 1.807) is 6.20 Å². The minimum atomic E-state index is 0.551. The number of halogens is 1. The first-order chi connectivity index (χ1) is 7.55. The maximum atomic E-state index is 5.93. The van der Waals surface area contributed by atoms with Crippen molar-refractivity contribution in [3.63, 3.8) is 0 Å². The number of rotatable bonds is 5. The summed E-state index contributed by atoms with van der Waals surface area (Å²) in [5, 5.41) is 4.19. The SMILES string of the molecule is CC(C)C1(CNCc2ncc(Cl)n2C)CC1. The van der Waals surface area contributed by atoms with Gasteiger partial charge in [-0.05, 0) is 24.2 Å². The molecule has 1 fully saturated rings. The normalized spacial score (nSPS) is 18.1. The largest absolute Gasteiger partial charge is 0.321 e. The molecule has 0 unspecified atom stereocenters. The highest BCUT2D eigenvalue weighted by molar-refractivity contribution is 6.29. The number of hydrogen-bond acceptors (Lipinski definition) is 2. The highest BCUT2D eigenvalue weighted by Gasteiger charge is 2.44. The van der Waals surface area contributed by atoms with Crippen molar-refractivity contribution in [2.75, 3.05) is 6.54 Å². The highest BCUT2D eigenvalue weighted by atomic mass is 35.5. The molecule has 0 aliphatic heterocycles. The molecule has 1 N–H and O–H groups in total. The summed E-state index contributed by atoms with van der Waals surface area (Å²) in [5.41, 5.74) is 0.551. The van der Waals surface area contributed by atoms with Crippen LogP contribution in [-0.4, -0.2) is 16.1 Å². The van der Waals surface area contributed by atoms with Crippen LogP contribution in [0.3, 0.4) is 0 Å². The van der Waals surface area contributed by atoms with E-state index in [0.717, 1.165) is 24.8 Å². The van der Waals surface area contributed by atoms with E-state index < -0.39 is 0 Å². The fourth-order valence-corrected chi connectivity index (χ4v) is 2.28. The Hall–Kier alpha value is -0.540. The monoisotopic (exact) mass is 241 g/mol. The molecule has 0 aromatic carbocycles. The molecule has 0 radical (unpaired) electrons. The number of nitrogens with one attached hydrogen (secondary N) is 1. The first-order valence-corrected chi connectivity index (χ1v) is 6.30. The van der Waals surface area contributed by atoms with Gasteiger partial charge >= 0.3 is 0 Å². The van der Waals surface area contributed by atoms with Gasteiger partial charge < -0.3 is 9.88 Å². The molecule has 0 amide bonds. The van der Waals surface area contributed by atoms with E-state index in [2.05, 4.69) is 24.1 Å². The summed E-state index contributed by atoms with van der Waals surface area (Å²) in [6.07, 6.45) is 4.42. The van der Waals surface area contributed by atoms with Crippen molar-refractivity contribution in [3.05, 3.63) is 17.2 Å². The maximum absolute atomic E-state index is 5.93. The second-order valence-electron chi connectivity index (χ2n) is 5.18. The van der Waals surface area contributed by atoms with Gasteiger partial charge in [0.25, 0.3) is 0 Å². The molecule has 90 valence electrons. The fourth-order valence-electron chi connectivity index (χ4n) is 2.13. The summed E-state index contributed by atoms with van der Waals surface area (Å²) in [5.74, 6) is 1.77. The summed E-state index contributed by atoms with van der Waals surface area (Å²) >= 11 is 5.93. The van der Waals surface area contributed by atoms with Crippen molar-refractivity contribution in [1.29, 1.82) is 0 Å². The van der Waals surface area contributed by atoms with E-state index in [1.807, 2.05) is 11.6 Å². The van der Waals surface area contributed by atoms with Gasteiger partial charge in [0.15, 0.2) is 0 Å². The second-order valence-corrected chi connectivity index (χ2v) is 5.56. The Labute approximate surface area is 102 Å². The molecule has 1 aromatic rings. The molecule has 1 heterocycles. The lowest BCUT2D eigenvalue weighted by Gasteiger charge is -2.19. The standard InChI is InChI=1S/C12H20ClN3/c1-9(2)12(4-5-12)8-14-7-11-15-6-10(13)16(11)3/h6,9,14H,4-5,7-8H2,1-3H3. The van der Waals surface area contributed by atoms with E-state index in [9.17, 15) is 0 Å². The van der Waals surface area contributed by atoms with Gasteiger partial charge in [-0.1, -0.05) is 25.4 Å². The van der Waals surface area contributed by atoms with Crippen LogP contribution in [0.4, 0.5) is 0 Å². The number of nitrogens with zero attached hydrogens (tertiary/aromatic N) is 2. The Morgan fingerprint density at radius 2 is 2.25 bits per heavy atom. The van der Waals surface area contributed by atoms with Gasteiger partial charge in [0, 0.05) is 13.6 Å². The van der Waals surface area contributed by atoms with E-state index in [-0.39, 0.29) is 0 Å². The van der Waals surface area contributed by atoms with Gasteiger partial charge in [0.1, 0.15) is 11.0 Å². The molecule has 3 nitrogen and oxygen atoms in total. The molecule has 2 rings (SSSR count). The van der Waals surface area contributed by atoms with Crippen LogP contribution in [-0.2, 0) is 13.6 Å². The van der Waals surface area contributed by atoms with Crippen LogP contribution in [0.1, 0.15) is 32.5 Å². The first-order valence-electron chi connectivity index (χ1n) is 5.92. The van der Waals surface area contributed by atoms with Crippen LogP contribution in [0.5, 0.6) is 0 Å². The Balaban J connectivity index is 1.83. The average molecular weight is 242 g/mol. The lowest BCUT2D eigenvalue weighted by atomic mass is 9.92. The van der Waals surface area contributed by atoms with Crippen LogP contribution in [0.25, 0.3) is 0 Å². The van der Waals surface area contributed by atoms with Crippen molar-refractivity contribution >= 4 is 11.6 Å². The lowest BCUT2D eigenvalue weighted by molar-refractivity contribution is 0.336. The first kappa shape index (κ1) is 11.9. The van der Waals surface area contributed by atoms with Crippen molar-refractivity contribution in [1.82, 2.24) is 14.9 Å². The predicted octanol–water partition coefficient (Wildman–Crippen LogP) is 2.60. The highest BCUT2D eigenvalue weighted by Crippen LogP contribution is 2.51. The Bertz CT molecular complexity index is 366. The summed E-state index contributed by atoms with van der Waals surface area (Å²) in [4.78, 5) is 4.27. The van der Waals surface area contributed by atoms with Crippen molar-refractivity contribution < 1.29 is 0 Å². The Morgan fingerprint density at radius 1 is 1.56 bits per heavy atom. The Kier molecular flexibility index (Phi) is 3.27. The van der Waals surface area contributed by atoms with Crippen molar-refractivity contribution in [2.24, 2.45) is 18.4 Å². The van der Waals surface area contributed by atoms with E-state index in [4.69, 9.17) is 11.6 Å². The van der Waals surface area contributed by atoms with Crippen LogP contribution < -0.4 is 5.32 Å². The van der Waals surface area contributed by atoms with Crippen LogP contribution in [0.2, 0.25) is 5.15 Å². The number of aromatic nitrogens is 2. The molecular weight excluding hydrogens is 222 g/mol. The summed E-state index contributed by atoms with van der Waals surface area (Å²) in [6.45, 7) is 6.52. The fraction of sp³-hybridized carbons (Fsp3) is 0.750. The summed E-state index contributed by atoms with van der Waals surface area (Å²) in [6, 6.07) is 0. The molecule has 1 aliphatic rings. The molecule has 1 aromatic heterocycles. The molecule has 0 bridgehead atoms. The molecule has 0 atom stereocenters. The third kappa shape index (κ3) is 2.25. The minimum absolute atomic E-state index is 0.551. The molecule has 1 saturated carbocycles. The molecule has 1 aliphatic carbocycles. The molecular formula is C12H20ClN3. The van der Waals surface area contributed by atoms with E-state index in [0.29, 0.717) is 10.6 Å². The summed E-state index contributed by atoms with van der Waals surface area (Å²) in [7, 11) is 1.95.